The van der Waals surface area contributed by atoms with E-state index >= 15 is 0 Å². The number of aromatic nitrogens is 2. The van der Waals surface area contributed by atoms with Gasteiger partial charge in [-0.3, -0.25) is 4.79 Å². The van der Waals surface area contributed by atoms with E-state index in [4.69, 9.17) is 4.42 Å². The summed E-state index contributed by atoms with van der Waals surface area (Å²) in [5, 5.41) is 2.75. The minimum absolute atomic E-state index is 0.00786. The summed E-state index contributed by atoms with van der Waals surface area (Å²) in [6.45, 7) is 0.270. The summed E-state index contributed by atoms with van der Waals surface area (Å²) in [4.78, 5) is 16.6. The molecule has 1 N–H and O–H groups in total. The van der Waals surface area contributed by atoms with Crippen molar-refractivity contribution in [1.29, 1.82) is 0 Å². The number of nitrogens with one attached hydrogen (secondary N) is 1. The van der Waals surface area contributed by atoms with E-state index in [1.807, 2.05) is 18.2 Å². The van der Waals surface area contributed by atoms with Gasteiger partial charge < -0.3 is 14.3 Å². The molecule has 3 rings (SSSR count). The number of rotatable bonds is 6. The van der Waals surface area contributed by atoms with Crippen LogP contribution >= 0.6 is 0 Å². The Morgan fingerprint density at radius 1 is 1.25 bits per heavy atom. The van der Waals surface area contributed by atoms with Gasteiger partial charge in [0.05, 0.1) is 23.8 Å². The lowest BCUT2D eigenvalue weighted by Gasteiger charge is -2.09. The molecule has 3 aromatic rings. The molecule has 7 nitrogen and oxygen atoms in total. The van der Waals surface area contributed by atoms with E-state index in [-0.39, 0.29) is 24.7 Å². The zero-order chi connectivity index (χ0) is 17.2. The number of imidazole rings is 1. The quantitative estimate of drug-likeness (QED) is 0.729. The third-order valence-electron chi connectivity index (χ3n) is 3.47. The second-order valence-electron chi connectivity index (χ2n) is 5.53. The lowest BCUT2D eigenvalue weighted by atomic mass is 10.3. The van der Waals surface area contributed by atoms with Crippen molar-refractivity contribution in [3.05, 3.63) is 54.2 Å². The molecule has 1 aromatic carbocycles. The van der Waals surface area contributed by atoms with Gasteiger partial charge in [-0.1, -0.05) is 12.1 Å². The molecular weight excluding hydrogens is 330 g/mol. The van der Waals surface area contributed by atoms with Crippen LogP contribution in [0.5, 0.6) is 0 Å². The van der Waals surface area contributed by atoms with E-state index in [1.165, 1.54) is 6.26 Å². The first kappa shape index (κ1) is 16.3. The molecule has 0 radical (unpaired) electrons. The summed E-state index contributed by atoms with van der Waals surface area (Å²) in [5.74, 6) is 0.541. The molecule has 126 valence electrons. The van der Waals surface area contributed by atoms with Crippen LogP contribution in [0.25, 0.3) is 11.0 Å². The number of furan rings is 1. The van der Waals surface area contributed by atoms with E-state index in [2.05, 4.69) is 10.3 Å². The normalized spacial score (nSPS) is 11.7. The number of benzene rings is 1. The van der Waals surface area contributed by atoms with Gasteiger partial charge in [-0.2, -0.15) is 0 Å². The molecule has 0 bridgehead atoms. The number of sulfone groups is 1. The number of amides is 1. The van der Waals surface area contributed by atoms with Crippen LogP contribution in [0.4, 0.5) is 0 Å². The summed E-state index contributed by atoms with van der Waals surface area (Å²) in [5.41, 5.74) is 1.39. The van der Waals surface area contributed by atoms with Crippen LogP contribution in [-0.2, 0) is 33.5 Å². The molecule has 0 aliphatic heterocycles. The highest BCUT2D eigenvalue weighted by atomic mass is 32.2. The Kier molecular flexibility index (Phi) is 4.39. The molecule has 0 aliphatic rings. The Labute approximate surface area is 139 Å². The Hall–Kier alpha value is -2.61. The van der Waals surface area contributed by atoms with Crippen molar-refractivity contribution in [2.75, 3.05) is 6.26 Å². The summed E-state index contributed by atoms with van der Waals surface area (Å²) in [6.07, 6.45) is 2.68. The van der Waals surface area contributed by atoms with Crippen LogP contribution in [0.2, 0.25) is 0 Å². The first-order valence-electron chi connectivity index (χ1n) is 7.33. The minimum Gasteiger partial charge on any atom is -0.467 e. The zero-order valence-corrected chi connectivity index (χ0v) is 13.9. The average Bonchev–Trinajstić information content (AvgIpc) is 3.13. The minimum atomic E-state index is -3.26. The first-order chi connectivity index (χ1) is 11.4. The van der Waals surface area contributed by atoms with Crippen molar-refractivity contribution in [1.82, 2.24) is 14.9 Å². The van der Waals surface area contributed by atoms with Gasteiger partial charge in [-0.25, -0.2) is 13.4 Å². The highest BCUT2D eigenvalue weighted by Gasteiger charge is 2.17. The Balaban J connectivity index is 1.83. The van der Waals surface area contributed by atoms with Crippen LogP contribution in [0.1, 0.15) is 11.6 Å². The first-order valence-corrected chi connectivity index (χ1v) is 9.39. The van der Waals surface area contributed by atoms with Crippen molar-refractivity contribution >= 4 is 26.8 Å². The molecule has 1 amide bonds. The van der Waals surface area contributed by atoms with E-state index in [0.717, 1.165) is 11.8 Å². The van der Waals surface area contributed by atoms with Crippen molar-refractivity contribution in [3.8, 4) is 0 Å². The van der Waals surface area contributed by atoms with Crippen LogP contribution < -0.4 is 5.32 Å². The molecule has 0 spiro atoms. The highest BCUT2D eigenvalue weighted by Crippen LogP contribution is 2.17. The third kappa shape index (κ3) is 3.83. The topological polar surface area (TPSA) is 94.2 Å². The number of fused-ring (bicyclic) bond motifs is 1. The van der Waals surface area contributed by atoms with Gasteiger partial charge in [-0.15, -0.1) is 0 Å². The van der Waals surface area contributed by atoms with Gasteiger partial charge >= 0.3 is 0 Å². The van der Waals surface area contributed by atoms with Crippen LogP contribution in [0.3, 0.4) is 0 Å². The van der Waals surface area contributed by atoms with Crippen LogP contribution in [-0.4, -0.2) is 30.1 Å². The molecule has 0 saturated carbocycles. The average molecular weight is 347 g/mol. The Morgan fingerprint density at radius 3 is 2.75 bits per heavy atom. The standard InChI is InChI=1S/C16H17N3O4S/c1-24(21,22)11-15-18-13-6-2-3-7-14(13)19(15)10-16(20)17-9-12-5-4-8-23-12/h2-8H,9-11H2,1H3,(H,17,20). The summed E-state index contributed by atoms with van der Waals surface area (Å²) in [6, 6.07) is 10.8. The Bertz CT molecular complexity index is 959. The zero-order valence-electron chi connectivity index (χ0n) is 13.1. The van der Waals surface area contributed by atoms with Crippen LogP contribution in [0, 0.1) is 0 Å². The van der Waals surface area contributed by atoms with Gasteiger partial charge in [0.2, 0.25) is 5.91 Å². The van der Waals surface area contributed by atoms with E-state index in [1.54, 1.807) is 22.8 Å². The number of hydrogen-bond donors (Lipinski definition) is 1. The highest BCUT2D eigenvalue weighted by molar-refractivity contribution is 7.89. The maximum atomic E-state index is 12.2. The molecular formula is C16H17N3O4S. The summed E-state index contributed by atoms with van der Waals surface area (Å²) >= 11 is 0. The second-order valence-corrected chi connectivity index (χ2v) is 7.67. The third-order valence-corrected chi connectivity index (χ3v) is 4.25. The smallest absolute Gasteiger partial charge is 0.240 e. The molecule has 2 heterocycles. The molecule has 0 aliphatic carbocycles. The van der Waals surface area contributed by atoms with Crippen molar-refractivity contribution in [3.63, 3.8) is 0 Å². The van der Waals surface area contributed by atoms with Crippen molar-refractivity contribution in [2.45, 2.75) is 18.8 Å². The van der Waals surface area contributed by atoms with Gasteiger partial charge in [0.25, 0.3) is 0 Å². The monoisotopic (exact) mass is 347 g/mol. The number of carbonyl (C=O) groups is 1. The SMILES string of the molecule is CS(=O)(=O)Cc1nc2ccccc2n1CC(=O)NCc1ccco1. The molecule has 24 heavy (non-hydrogen) atoms. The van der Waals surface area contributed by atoms with E-state index < -0.39 is 9.84 Å². The van der Waals surface area contributed by atoms with Gasteiger partial charge in [-0.05, 0) is 24.3 Å². The lowest BCUT2D eigenvalue weighted by molar-refractivity contribution is -0.121. The molecule has 8 heteroatoms. The molecule has 2 aromatic heterocycles. The maximum Gasteiger partial charge on any atom is 0.240 e. The fourth-order valence-electron chi connectivity index (χ4n) is 2.44. The second kappa shape index (κ2) is 6.48. The predicted octanol–water partition coefficient (Wildman–Crippen LogP) is 1.49. The van der Waals surface area contributed by atoms with Crippen molar-refractivity contribution in [2.24, 2.45) is 0 Å². The fraction of sp³-hybridized carbons (Fsp3) is 0.250. The lowest BCUT2D eigenvalue weighted by Crippen LogP contribution is -2.28. The van der Waals surface area contributed by atoms with Crippen LogP contribution in [0.15, 0.2) is 47.1 Å². The molecule has 0 fully saturated rings. The summed E-state index contributed by atoms with van der Waals surface area (Å²) < 4.78 is 30.1. The van der Waals surface area contributed by atoms with Gasteiger partial charge in [0, 0.05) is 6.26 Å². The largest absolute Gasteiger partial charge is 0.467 e. The van der Waals surface area contributed by atoms with Gasteiger partial charge in [0.1, 0.15) is 23.9 Å². The van der Waals surface area contributed by atoms with E-state index in [9.17, 15) is 13.2 Å². The summed E-state index contributed by atoms with van der Waals surface area (Å²) in [7, 11) is -3.26. The number of carbonyl (C=O) groups excluding carboxylic acids is 1. The number of para-hydroxylation sites is 2. The Morgan fingerprint density at radius 2 is 2.04 bits per heavy atom. The van der Waals surface area contributed by atoms with E-state index in [0.29, 0.717) is 17.1 Å². The maximum absolute atomic E-state index is 12.2. The predicted molar refractivity (Wildman–Crippen MR) is 88.8 cm³/mol. The van der Waals surface area contributed by atoms with Crippen molar-refractivity contribution < 1.29 is 17.6 Å². The fourth-order valence-corrected chi connectivity index (χ4v) is 3.13. The molecule has 0 saturated heterocycles. The molecule has 0 unspecified atom stereocenters. The molecule has 0 atom stereocenters. The van der Waals surface area contributed by atoms with Gasteiger partial charge in [0.15, 0.2) is 9.84 Å². The number of hydrogen-bond acceptors (Lipinski definition) is 5. The number of nitrogens with zero attached hydrogens (tertiary/aromatic N) is 2.